The molecule has 0 fully saturated rings. The van der Waals surface area contributed by atoms with E-state index in [0.29, 0.717) is 29.0 Å². The average Bonchev–Trinajstić information content (AvgIpc) is 3.00. The minimum Gasteiger partial charge on any atom is -0.479 e. The van der Waals surface area contributed by atoms with E-state index >= 15 is 0 Å². The molecule has 1 N–H and O–H groups in total. The van der Waals surface area contributed by atoms with Crippen LogP contribution in [0.25, 0.3) is 10.1 Å². The van der Waals surface area contributed by atoms with Gasteiger partial charge in [-0.15, -0.1) is 11.3 Å². The Morgan fingerprint density at radius 1 is 1.08 bits per heavy atom. The number of thiophene rings is 1. The minimum absolute atomic E-state index is 0.155. The third-order valence-corrected chi connectivity index (χ3v) is 5.03. The molecule has 0 radical (unpaired) electrons. The monoisotopic (exact) mass is 354 g/mol. The molecule has 0 saturated heterocycles. The molecule has 1 aromatic heterocycles. The van der Waals surface area contributed by atoms with Crippen LogP contribution in [0, 0.1) is 0 Å². The Morgan fingerprint density at radius 2 is 1.76 bits per heavy atom. The van der Waals surface area contributed by atoms with Crippen molar-refractivity contribution in [1.29, 1.82) is 0 Å². The van der Waals surface area contributed by atoms with Gasteiger partial charge in [-0.25, -0.2) is 4.79 Å². The number of rotatable bonds is 7. The molecule has 4 nitrogen and oxygen atoms in total. The second kappa shape index (κ2) is 7.49. The van der Waals surface area contributed by atoms with Gasteiger partial charge in [0.05, 0.1) is 0 Å². The standard InChI is InChI=1S/C20H18O4S/c1-2-8-15(20(22)23)24-18-14-11-6-7-12-16(14)25-19(18)17(21)13-9-4-3-5-10-13/h3-7,9-12,15H,2,8H2,1H3,(H,22,23). The van der Waals surface area contributed by atoms with Crippen molar-refractivity contribution in [1.82, 2.24) is 0 Å². The van der Waals surface area contributed by atoms with Gasteiger partial charge in [-0.2, -0.15) is 0 Å². The first-order chi connectivity index (χ1) is 12.1. The lowest BCUT2D eigenvalue weighted by Gasteiger charge is -2.15. The fourth-order valence-electron chi connectivity index (χ4n) is 2.65. The summed E-state index contributed by atoms with van der Waals surface area (Å²) in [6.07, 6.45) is 0.102. The first kappa shape index (κ1) is 17.2. The van der Waals surface area contributed by atoms with E-state index in [1.54, 1.807) is 24.3 Å². The predicted octanol–water partition coefficient (Wildman–Crippen LogP) is 4.76. The van der Waals surface area contributed by atoms with Crippen molar-refractivity contribution in [2.24, 2.45) is 0 Å². The Morgan fingerprint density at radius 3 is 2.44 bits per heavy atom. The normalized spacial score (nSPS) is 12.0. The zero-order chi connectivity index (χ0) is 17.8. The molecule has 3 aromatic rings. The molecule has 2 aromatic carbocycles. The van der Waals surface area contributed by atoms with Gasteiger partial charge in [-0.3, -0.25) is 4.79 Å². The van der Waals surface area contributed by atoms with Crippen molar-refractivity contribution in [2.45, 2.75) is 25.9 Å². The van der Waals surface area contributed by atoms with Gasteiger partial charge in [0.1, 0.15) is 10.6 Å². The van der Waals surface area contributed by atoms with Crippen LogP contribution in [0.3, 0.4) is 0 Å². The maximum Gasteiger partial charge on any atom is 0.344 e. The Labute approximate surface area is 149 Å². The molecule has 0 bridgehead atoms. The van der Waals surface area contributed by atoms with E-state index in [-0.39, 0.29) is 5.78 Å². The molecule has 3 rings (SSSR count). The summed E-state index contributed by atoms with van der Waals surface area (Å²) in [7, 11) is 0. The van der Waals surface area contributed by atoms with Crippen LogP contribution in [0.2, 0.25) is 0 Å². The lowest BCUT2D eigenvalue weighted by molar-refractivity contribution is -0.145. The van der Waals surface area contributed by atoms with Crippen LogP contribution >= 0.6 is 11.3 Å². The highest BCUT2D eigenvalue weighted by atomic mass is 32.1. The van der Waals surface area contributed by atoms with E-state index in [0.717, 1.165) is 10.1 Å². The van der Waals surface area contributed by atoms with Gasteiger partial charge >= 0.3 is 5.97 Å². The van der Waals surface area contributed by atoms with E-state index < -0.39 is 12.1 Å². The Bertz CT molecular complexity index is 898. The SMILES string of the molecule is CCCC(Oc1c(C(=O)c2ccccc2)sc2ccccc12)C(=O)O. The van der Waals surface area contributed by atoms with Gasteiger partial charge < -0.3 is 9.84 Å². The first-order valence-corrected chi connectivity index (χ1v) is 8.94. The van der Waals surface area contributed by atoms with Crippen LogP contribution in [0.15, 0.2) is 54.6 Å². The molecule has 1 atom stereocenters. The Hall–Kier alpha value is -2.66. The van der Waals surface area contributed by atoms with Crippen molar-refractivity contribution in [3.63, 3.8) is 0 Å². The molecule has 0 aliphatic rings. The molecule has 0 aliphatic carbocycles. The predicted molar refractivity (Wildman–Crippen MR) is 98.7 cm³/mol. The van der Waals surface area contributed by atoms with E-state index in [1.807, 2.05) is 37.3 Å². The van der Waals surface area contributed by atoms with Crippen molar-refractivity contribution < 1.29 is 19.4 Å². The first-order valence-electron chi connectivity index (χ1n) is 8.12. The molecule has 25 heavy (non-hydrogen) atoms. The second-order valence-corrected chi connectivity index (χ2v) is 6.74. The van der Waals surface area contributed by atoms with Gasteiger partial charge in [0.15, 0.2) is 6.10 Å². The Kier molecular flexibility index (Phi) is 5.14. The van der Waals surface area contributed by atoms with Crippen LogP contribution in [0.5, 0.6) is 5.75 Å². The maximum absolute atomic E-state index is 12.9. The van der Waals surface area contributed by atoms with Gasteiger partial charge in [-0.1, -0.05) is 55.8 Å². The van der Waals surface area contributed by atoms with Crippen LogP contribution < -0.4 is 4.74 Å². The molecule has 0 spiro atoms. The zero-order valence-corrected chi connectivity index (χ0v) is 14.6. The summed E-state index contributed by atoms with van der Waals surface area (Å²) in [5.41, 5.74) is 0.557. The Balaban J connectivity index is 2.09. The van der Waals surface area contributed by atoms with Gasteiger partial charge in [0.2, 0.25) is 5.78 Å². The molecule has 128 valence electrons. The molecule has 1 heterocycles. The largest absolute Gasteiger partial charge is 0.479 e. The summed E-state index contributed by atoms with van der Waals surface area (Å²) < 4.78 is 6.73. The number of hydrogen-bond donors (Lipinski definition) is 1. The third kappa shape index (κ3) is 3.56. The number of hydrogen-bond acceptors (Lipinski definition) is 4. The zero-order valence-electron chi connectivity index (χ0n) is 13.8. The number of ether oxygens (including phenoxy) is 1. The van der Waals surface area contributed by atoms with Crippen LogP contribution in [-0.4, -0.2) is 23.0 Å². The number of aliphatic carboxylic acids is 1. The molecule has 0 amide bonds. The van der Waals surface area contributed by atoms with Crippen LogP contribution in [0.4, 0.5) is 0 Å². The van der Waals surface area contributed by atoms with Crippen LogP contribution in [-0.2, 0) is 4.79 Å². The fourth-order valence-corrected chi connectivity index (χ4v) is 3.74. The number of carbonyl (C=O) groups is 2. The third-order valence-electron chi connectivity index (χ3n) is 3.88. The van der Waals surface area contributed by atoms with E-state index in [9.17, 15) is 14.7 Å². The van der Waals surface area contributed by atoms with Crippen molar-refractivity contribution in [3.05, 3.63) is 65.0 Å². The van der Waals surface area contributed by atoms with Gasteiger partial charge in [-0.05, 0) is 18.6 Å². The van der Waals surface area contributed by atoms with E-state index in [1.165, 1.54) is 11.3 Å². The summed E-state index contributed by atoms with van der Waals surface area (Å²) in [6.45, 7) is 1.90. The molecule has 5 heteroatoms. The molecular weight excluding hydrogens is 336 g/mol. The summed E-state index contributed by atoms with van der Waals surface area (Å²) in [4.78, 5) is 24.9. The molecule has 0 aliphatic heterocycles. The smallest absolute Gasteiger partial charge is 0.344 e. The second-order valence-electron chi connectivity index (χ2n) is 5.69. The molecule has 1 unspecified atom stereocenters. The summed E-state index contributed by atoms with van der Waals surface area (Å²) in [5, 5.41) is 10.2. The van der Waals surface area contributed by atoms with Crippen LogP contribution in [0.1, 0.15) is 35.0 Å². The van der Waals surface area contributed by atoms with Gasteiger partial charge in [0.25, 0.3) is 0 Å². The molecular formula is C20H18O4S. The van der Waals surface area contributed by atoms with Crippen molar-refractivity contribution >= 4 is 33.2 Å². The quantitative estimate of drug-likeness (QED) is 0.621. The highest BCUT2D eigenvalue weighted by Crippen LogP contribution is 2.39. The maximum atomic E-state index is 12.9. The summed E-state index contributed by atoms with van der Waals surface area (Å²) in [5.74, 6) is -0.803. The number of carbonyl (C=O) groups excluding carboxylic acids is 1. The summed E-state index contributed by atoms with van der Waals surface area (Å²) in [6, 6.07) is 16.5. The number of carboxylic acid groups (broad SMARTS) is 1. The lowest BCUT2D eigenvalue weighted by atomic mass is 10.1. The number of benzene rings is 2. The molecule has 0 saturated carbocycles. The number of ketones is 1. The van der Waals surface area contributed by atoms with E-state index in [4.69, 9.17) is 4.74 Å². The topological polar surface area (TPSA) is 63.6 Å². The van der Waals surface area contributed by atoms with Crippen molar-refractivity contribution in [2.75, 3.05) is 0 Å². The highest BCUT2D eigenvalue weighted by Gasteiger charge is 2.26. The van der Waals surface area contributed by atoms with Gasteiger partial charge in [0, 0.05) is 15.6 Å². The highest BCUT2D eigenvalue weighted by molar-refractivity contribution is 7.21. The lowest BCUT2D eigenvalue weighted by Crippen LogP contribution is -2.27. The minimum atomic E-state index is -1.02. The number of fused-ring (bicyclic) bond motifs is 1. The average molecular weight is 354 g/mol. The summed E-state index contributed by atoms with van der Waals surface area (Å²) >= 11 is 1.33. The van der Waals surface area contributed by atoms with Crippen molar-refractivity contribution in [3.8, 4) is 5.75 Å². The van der Waals surface area contributed by atoms with E-state index in [2.05, 4.69) is 0 Å². The number of carboxylic acids is 1. The fraction of sp³-hybridized carbons (Fsp3) is 0.200.